The Labute approximate surface area is 106 Å². The average molecular weight is 275 g/mol. The molecule has 0 aliphatic carbocycles. The summed E-state index contributed by atoms with van der Waals surface area (Å²) in [5.74, 6) is 0. The Morgan fingerprint density at radius 2 is 2.22 bits per heavy atom. The molecule has 1 saturated heterocycles. The minimum absolute atomic E-state index is 0.0806. The molecule has 0 unspecified atom stereocenters. The molecule has 102 valence electrons. The first-order valence-electron chi connectivity index (χ1n) is 5.72. The zero-order chi connectivity index (χ0) is 13.3. The zero-order valence-corrected chi connectivity index (χ0v) is 11.2. The molecular formula is C9H17N5O3S. The molecule has 1 fully saturated rings. The molecule has 0 spiro atoms. The summed E-state index contributed by atoms with van der Waals surface area (Å²) in [4.78, 5) is 0. The van der Waals surface area contributed by atoms with Crippen LogP contribution in [0.5, 0.6) is 0 Å². The number of aliphatic hydroxyl groups excluding tert-OH is 1. The second-order valence-electron chi connectivity index (χ2n) is 4.26. The fourth-order valence-electron chi connectivity index (χ4n) is 1.94. The molecule has 2 atom stereocenters. The van der Waals surface area contributed by atoms with Crippen LogP contribution >= 0.6 is 0 Å². The standard InChI is InChI=1S/C9H17N5O3S/c1-3-12(2)18(16,17)13-6-8(9(15)7-13)14-5-4-10-11-14/h4-5,8-9,15H,3,6-7H2,1-2H3/t8-,9-/m1/s1. The molecule has 0 radical (unpaired) electrons. The van der Waals surface area contributed by atoms with Gasteiger partial charge < -0.3 is 5.11 Å². The van der Waals surface area contributed by atoms with Crippen molar-refractivity contribution in [2.24, 2.45) is 0 Å². The van der Waals surface area contributed by atoms with Crippen LogP contribution in [0.15, 0.2) is 12.4 Å². The highest BCUT2D eigenvalue weighted by Gasteiger charge is 2.40. The van der Waals surface area contributed by atoms with Gasteiger partial charge in [-0.15, -0.1) is 5.10 Å². The minimum atomic E-state index is -3.50. The van der Waals surface area contributed by atoms with E-state index in [1.54, 1.807) is 13.1 Å². The van der Waals surface area contributed by atoms with Gasteiger partial charge in [-0.2, -0.15) is 17.0 Å². The van der Waals surface area contributed by atoms with Crippen LogP contribution in [0.25, 0.3) is 0 Å². The number of hydrogen-bond donors (Lipinski definition) is 1. The number of rotatable bonds is 4. The summed E-state index contributed by atoms with van der Waals surface area (Å²) < 4.78 is 28.3. The highest BCUT2D eigenvalue weighted by molar-refractivity contribution is 7.86. The predicted octanol–water partition coefficient (Wildman–Crippen LogP) is -1.31. The number of aliphatic hydroxyl groups is 1. The summed E-state index contributed by atoms with van der Waals surface area (Å²) >= 11 is 0. The number of nitrogens with zero attached hydrogens (tertiary/aromatic N) is 5. The maximum absolute atomic E-state index is 12.1. The lowest BCUT2D eigenvalue weighted by atomic mass is 10.2. The van der Waals surface area contributed by atoms with Crippen molar-refractivity contribution in [1.82, 2.24) is 23.6 Å². The predicted molar refractivity (Wildman–Crippen MR) is 63.9 cm³/mol. The van der Waals surface area contributed by atoms with Gasteiger partial charge in [-0.05, 0) is 0 Å². The van der Waals surface area contributed by atoms with E-state index in [1.165, 1.54) is 26.5 Å². The normalized spacial score (nSPS) is 26.0. The Morgan fingerprint density at radius 3 is 2.78 bits per heavy atom. The molecule has 8 nitrogen and oxygen atoms in total. The van der Waals surface area contributed by atoms with E-state index in [0.717, 1.165) is 0 Å². The van der Waals surface area contributed by atoms with Crippen molar-refractivity contribution in [2.75, 3.05) is 26.7 Å². The lowest BCUT2D eigenvalue weighted by molar-refractivity contribution is 0.141. The van der Waals surface area contributed by atoms with Crippen LogP contribution in [0.4, 0.5) is 0 Å². The van der Waals surface area contributed by atoms with Crippen molar-refractivity contribution < 1.29 is 13.5 Å². The Balaban J connectivity index is 2.16. The number of aromatic nitrogens is 3. The van der Waals surface area contributed by atoms with Crippen molar-refractivity contribution >= 4 is 10.2 Å². The maximum atomic E-state index is 12.1. The topological polar surface area (TPSA) is 91.6 Å². The van der Waals surface area contributed by atoms with Gasteiger partial charge in [-0.25, -0.2) is 4.68 Å². The minimum Gasteiger partial charge on any atom is -0.389 e. The summed E-state index contributed by atoms with van der Waals surface area (Å²) in [6, 6.07) is -0.382. The first-order valence-corrected chi connectivity index (χ1v) is 7.11. The van der Waals surface area contributed by atoms with E-state index in [4.69, 9.17) is 0 Å². The molecule has 0 aromatic carbocycles. The van der Waals surface area contributed by atoms with Crippen LogP contribution < -0.4 is 0 Å². The summed E-state index contributed by atoms with van der Waals surface area (Å²) in [6.45, 7) is 2.44. The van der Waals surface area contributed by atoms with Crippen molar-refractivity contribution in [3.05, 3.63) is 12.4 Å². The van der Waals surface area contributed by atoms with Gasteiger partial charge in [0.25, 0.3) is 10.2 Å². The molecule has 1 aliphatic rings. The Bertz CT molecular complexity index is 488. The van der Waals surface area contributed by atoms with Gasteiger partial charge in [0.05, 0.1) is 18.3 Å². The van der Waals surface area contributed by atoms with Crippen molar-refractivity contribution in [2.45, 2.75) is 19.1 Å². The largest absolute Gasteiger partial charge is 0.389 e. The second kappa shape index (κ2) is 4.92. The van der Waals surface area contributed by atoms with Crippen molar-refractivity contribution in [3.63, 3.8) is 0 Å². The van der Waals surface area contributed by atoms with Crippen LogP contribution in [0.2, 0.25) is 0 Å². The molecule has 1 aliphatic heterocycles. The van der Waals surface area contributed by atoms with Gasteiger partial charge in [0.15, 0.2) is 0 Å². The first kappa shape index (κ1) is 13.4. The fraction of sp³-hybridized carbons (Fsp3) is 0.778. The lowest BCUT2D eigenvalue weighted by Gasteiger charge is -2.22. The lowest BCUT2D eigenvalue weighted by Crippen LogP contribution is -2.41. The molecular weight excluding hydrogens is 258 g/mol. The maximum Gasteiger partial charge on any atom is 0.281 e. The third-order valence-electron chi connectivity index (χ3n) is 3.17. The van der Waals surface area contributed by atoms with E-state index in [1.807, 2.05) is 0 Å². The summed E-state index contributed by atoms with van der Waals surface area (Å²) in [5.41, 5.74) is 0. The molecule has 1 N–H and O–H groups in total. The smallest absolute Gasteiger partial charge is 0.281 e. The van der Waals surface area contributed by atoms with E-state index in [9.17, 15) is 13.5 Å². The molecule has 18 heavy (non-hydrogen) atoms. The SMILES string of the molecule is CCN(C)S(=O)(=O)N1C[C@@H](O)[C@H](n2ccnn2)C1. The fourth-order valence-corrected chi connectivity index (χ4v) is 3.34. The van der Waals surface area contributed by atoms with E-state index in [0.29, 0.717) is 6.54 Å². The molecule has 2 rings (SSSR count). The van der Waals surface area contributed by atoms with Gasteiger partial charge in [0.2, 0.25) is 0 Å². The summed E-state index contributed by atoms with van der Waals surface area (Å²) in [6.07, 6.45) is 2.35. The van der Waals surface area contributed by atoms with Gasteiger partial charge in [-0.3, -0.25) is 0 Å². The molecule has 9 heteroatoms. The molecule has 0 saturated carbocycles. The number of β-amino-alcohol motifs (C(OH)–C–C–N with tert-alkyl or cyclic N) is 1. The molecule has 1 aromatic rings. The highest BCUT2D eigenvalue weighted by Crippen LogP contribution is 2.24. The first-order chi connectivity index (χ1) is 8.46. The van der Waals surface area contributed by atoms with Gasteiger partial charge in [0.1, 0.15) is 0 Å². The van der Waals surface area contributed by atoms with E-state index >= 15 is 0 Å². The Kier molecular flexibility index (Phi) is 3.66. The molecule has 0 bridgehead atoms. The van der Waals surface area contributed by atoms with Gasteiger partial charge >= 0.3 is 0 Å². The average Bonchev–Trinajstić information content (AvgIpc) is 2.96. The summed E-state index contributed by atoms with van der Waals surface area (Å²) in [7, 11) is -1.98. The van der Waals surface area contributed by atoms with Crippen LogP contribution in [0.3, 0.4) is 0 Å². The number of hydrogen-bond acceptors (Lipinski definition) is 5. The highest BCUT2D eigenvalue weighted by atomic mass is 32.2. The van der Waals surface area contributed by atoms with Gasteiger partial charge in [0, 0.05) is 32.9 Å². The van der Waals surface area contributed by atoms with Crippen LogP contribution in [-0.4, -0.2) is 69.9 Å². The quantitative estimate of drug-likeness (QED) is 0.737. The summed E-state index contributed by atoms with van der Waals surface area (Å²) in [5, 5.41) is 17.4. The third-order valence-corrected chi connectivity index (χ3v) is 5.17. The zero-order valence-electron chi connectivity index (χ0n) is 10.3. The van der Waals surface area contributed by atoms with Crippen molar-refractivity contribution in [1.29, 1.82) is 0 Å². The second-order valence-corrected chi connectivity index (χ2v) is 6.29. The Hall–Kier alpha value is -1.03. The van der Waals surface area contributed by atoms with Crippen LogP contribution in [0.1, 0.15) is 13.0 Å². The van der Waals surface area contributed by atoms with E-state index in [2.05, 4.69) is 10.3 Å². The van der Waals surface area contributed by atoms with Crippen LogP contribution in [0, 0.1) is 0 Å². The van der Waals surface area contributed by atoms with E-state index < -0.39 is 16.3 Å². The van der Waals surface area contributed by atoms with E-state index in [-0.39, 0.29) is 19.1 Å². The molecule has 0 amide bonds. The molecule has 1 aromatic heterocycles. The third kappa shape index (κ3) is 2.26. The van der Waals surface area contributed by atoms with Crippen molar-refractivity contribution in [3.8, 4) is 0 Å². The van der Waals surface area contributed by atoms with Gasteiger partial charge in [-0.1, -0.05) is 12.1 Å². The van der Waals surface area contributed by atoms with Crippen LogP contribution in [-0.2, 0) is 10.2 Å². The monoisotopic (exact) mass is 275 g/mol. The Morgan fingerprint density at radius 1 is 1.50 bits per heavy atom. The molecule has 2 heterocycles.